The van der Waals surface area contributed by atoms with Crippen LogP contribution in [-0.4, -0.2) is 31.6 Å². The van der Waals surface area contributed by atoms with Crippen LogP contribution in [0.25, 0.3) is 0 Å². The van der Waals surface area contributed by atoms with Crippen LogP contribution >= 0.6 is 12.4 Å². The molecule has 1 fully saturated rings. The summed E-state index contributed by atoms with van der Waals surface area (Å²) in [6, 6.07) is 8.23. The normalized spacial score (nSPS) is 24.8. The van der Waals surface area contributed by atoms with E-state index in [4.69, 9.17) is 4.74 Å². The predicted molar refractivity (Wildman–Crippen MR) is 75.8 cm³/mol. The molecule has 0 radical (unpaired) electrons. The van der Waals surface area contributed by atoms with Crippen LogP contribution in [-0.2, 0) is 11.2 Å². The molecule has 1 aromatic rings. The van der Waals surface area contributed by atoms with Crippen LogP contribution in [0.15, 0.2) is 24.3 Å². The lowest BCUT2D eigenvalue weighted by atomic mass is 9.96. The molecule has 2 heterocycles. The van der Waals surface area contributed by atoms with Crippen molar-refractivity contribution >= 4 is 18.3 Å². The molecule has 0 bridgehead atoms. The molecule has 3 rings (SSSR count). The Balaban J connectivity index is 0.00000133. The number of rotatable bonds is 2. The summed E-state index contributed by atoms with van der Waals surface area (Å²) in [5.74, 6) is 0.989. The molecule has 0 aliphatic carbocycles. The molecule has 0 saturated carbocycles. The molecule has 2 aliphatic heterocycles. The van der Waals surface area contributed by atoms with E-state index in [0.717, 1.165) is 37.2 Å². The summed E-state index contributed by atoms with van der Waals surface area (Å²) in [5, 5.41) is 6.35. The molecule has 5 heteroatoms. The molecule has 1 amide bonds. The standard InChI is InChI=1S/C14H18N2O2.ClH/c17-14(16-12-5-6-15-8-12)11-7-10-3-1-2-4-13(10)18-9-11;/h1-4,11-12,15H,5-9H2,(H,16,17);1H. The molecule has 2 aliphatic rings. The van der Waals surface area contributed by atoms with Crippen molar-refractivity contribution in [3.05, 3.63) is 29.8 Å². The van der Waals surface area contributed by atoms with E-state index in [-0.39, 0.29) is 30.3 Å². The second-order valence-electron chi connectivity index (χ2n) is 5.02. The Morgan fingerprint density at radius 3 is 3.00 bits per heavy atom. The SMILES string of the molecule is Cl.O=C(NC1CCNC1)C1COc2ccccc2C1. The maximum absolute atomic E-state index is 12.1. The maximum atomic E-state index is 12.1. The van der Waals surface area contributed by atoms with Crippen molar-refractivity contribution in [3.8, 4) is 5.75 Å². The van der Waals surface area contributed by atoms with E-state index in [1.54, 1.807) is 0 Å². The summed E-state index contributed by atoms with van der Waals surface area (Å²) in [6.07, 6.45) is 1.80. The number of amides is 1. The summed E-state index contributed by atoms with van der Waals surface area (Å²) in [4.78, 5) is 12.1. The molecule has 4 nitrogen and oxygen atoms in total. The van der Waals surface area contributed by atoms with Crippen molar-refractivity contribution in [1.82, 2.24) is 10.6 Å². The molecule has 0 aromatic heterocycles. The Kier molecular flexibility index (Phi) is 4.66. The average molecular weight is 283 g/mol. The van der Waals surface area contributed by atoms with Gasteiger partial charge in [0.1, 0.15) is 12.4 Å². The molecular weight excluding hydrogens is 264 g/mol. The van der Waals surface area contributed by atoms with Gasteiger partial charge in [-0.25, -0.2) is 0 Å². The zero-order chi connectivity index (χ0) is 12.4. The maximum Gasteiger partial charge on any atom is 0.227 e. The van der Waals surface area contributed by atoms with Crippen LogP contribution in [0.2, 0.25) is 0 Å². The summed E-state index contributed by atoms with van der Waals surface area (Å²) < 4.78 is 5.65. The van der Waals surface area contributed by atoms with E-state index in [2.05, 4.69) is 10.6 Å². The van der Waals surface area contributed by atoms with Crippen molar-refractivity contribution in [2.24, 2.45) is 5.92 Å². The fourth-order valence-electron chi connectivity index (χ4n) is 2.59. The first-order valence-electron chi connectivity index (χ1n) is 6.55. The van der Waals surface area contributed by atoms with Gasteiger partial charge in [-0.05, 0) is 31.0 Å². The molecule has 0 spiro atoms. The number of ether oxygens (including phenoxy) is 1. The molecule has 104 valence electrons. The zero-order valence-corrected chi connectivity index (χ0v) is 11.5. The van der Waals surface area contributed by atoms with Crippen molar-refractivity contribution in [1.29, 1.82) is 0 Å². The minimum atomic E-state index is -0.0551. The molecular formula is C14H19ClN2O2. The summed E-state index contributed by atoms with van der Waals surface area (Å²) >= 11 is 0. The first kappa shape index (κ1) is 14.2. The van der Waals surface area contributed by atoms with Gasteiger partial charge in [-0.15, -0.1) is 12.4 Å². The van der Waals surface area contributed by atoms with Crippen molar-refractivity contribution in [3.63, 3.8) is 0 Å². The van der Waals surface area contributed by atoms with Crippen LogP contribution in [0.1, 0.15) is 12.0 Å². The third kappa shape index (κ3) is 3.19. The van der Waals surface area contributed by atoms with Gasteiger partial charge < -0.3 is 15.4 Å². The molecule has 2 atom stereocenters. The van der Waals surface area contributed by atoms with Gasteiger partial charge in [-0.1, -0.05) is 18.2 Å². The highest BCUT2D eigenvalue weighted by Gasteiger charge is 2.27. The Bertz CT molecular complexity index is 447. The summed E-state index contributed by atoms with van der Waals surface area (Å²) in [6.45, 7) is 2.37. The topological polar surface area (TPSA) is 50.4 Å². The van der Waals surface area contributed by atoms with Gasteiger partial charge >= 0.3 is 0 Å². The first-order chi connectivity index (χ1) is 8.83. The fourth-order valence-corrected chi connectivity index (χ4v) is 2.59. The van der Waals surface area contributed by atoms with E-state index in [1.807, 2.05) is 24.3 Å². The van der Waals surface area contributed by atoms with Gasteiger partial charge in [0.15, 0.2) is 0 Å². The van der Waals surface area contributed by atoms with Crippen LogP contribution in [0.3, 0.4) is 0 Å². The first-order valence-corrected chi connectivity index (χ1v) is 6.55. The van der Waals surface area contributed by atoms with Crippen molar-refractivity contribution < 1.29 is 9.53 Å². The largest absolute Gasteiger partial charge is 0.492 e. The quantitative estimate of drug-likeness (QED) is 0.855. The number of carbonyl (C=O) groups is 1. The average Bonchev–Trinajstić information content (AvgIpc) is 2.91. The van der Waals surface area contributed by atoms with Crippen molar-refractivity contribution in [2.75, 3.05) is 19.7 Å². The lowest BCUT2D eigenvalue weighted by Crippen LogP contribution is -2.43. The smallest absolute Gasteiger partial charge is 0.227 e. The van der Waals surface area contributed by atoms with Gasteiger partial charge in [0.25, 0.3) is 0 Å². The van der Waals surface area contributed by atoms with E-state index in [1.165, 1.54) is 0 Å². The minimum absolute atomic E-state index is 0. The van der Waals surface area contributed by atoms with Crippen LogP contribution < -0.4 is 15.4 Å². The lowest BCUT2D eigenvalue weighted by molar-refractivity contribution is -0.126. The highest BCUT2D eigenvalue weighted by molar-refractivity contribution is 5.85. The number of carbonyl (C=O) groups excluding carboxylic acids is 1. The number of hydrogen-bond acceptors (Lipinski definition) is 3. The zero-order valence-electron chi connectivity index (χ0n) is 10.7. The second kappa shape index (κ2) is 6.26. The third-order valence-corrected chi connectivity index (χ3v) is 3.66. The summed E-state index contributed by atoms with van der Waals surface area (Å²) in [7, 11) is 0. The van der Waals surface area contributed by atoms with E-state index in [9.17, 15) is 4.79 Å². The number of fused-ring (bicyclic) bond motifs is 1. The van der Waals surface area contributed by atoms with Gasteiger partial charge in [-0.3, -0.25) is 4.79 Å². The van der Waals surface area contributed by atoms with Crippen molar-refractivity contribution in [2.45, 2.75) is 18.9 Å². The van der Waals surface area contributed by atoms with Gasteiger partial charge in [-0.2, -0.15) is 0 Å². The highest BCUT2D eigenvalue weighted by atomic mass is 35.5. The number of halogens is 1. The van der Waals surface area contributed by atoms with Crippen LogP contribution in [0.4, 0.5) is 0 Å². The summed E-state index contributed by atoms with van der Waals surface area (Å²) in [5.41, 5.74) is 1.13. The molecule has 19 heavy (non-hydrogen) atoms. The fraction of sp³-hybridized carbons (Fsp3) is 0.500. The Morgan fingerprint density at radius 1 is 1.37 bits per heavy atom. The van der Waals surface area contributed by atoms with Gasteiger partial charge in [0, 0.05) is 12.6 Å². The van der Waals surface area contributed by atoms with Gasteiger partial charge in [0.05, 0.1) is 5.92 Å². The Morgan fingerprint density at radius 2 is 2.21 bits per heavy atom. The molecule has 1 saturated heterocycles. The van der Waals surface area contributed by atoms with Crippen LogP contribution in [0, 0.1) is 5.92 Å². The Labute approximate surface area is 119 Å². The van der Waals surface area contributed by atoms with E-state index >= 15 is 0 Å². The Hall–Kier alpha value is -1.26. The number of para-hydroxylation sites is 1. The lowest BCUT2D eigenvalue weighted by Gasteiger charge is -2.25. The number of benzene rings is 1. The van der Waals surface area contributed by atoms with E-state index < -0.39 is 0 Å². The second-order valence-corrected chi connectivity index (χ2v) is 5.02. The number of nitrogens with one attached hydrogen (secondary N) is 2. The number of hydrogen-bond donors (Lipinski definition) is 2. The van der Waals surface area contributed by atoms with Crippen LogP contribution in [0.5, 0.6) is 5.75 Å². The van der Waals surface area contributed by atoms with E-state index in [0.29, 0.717) is 6.61 Å². The molecule has 2 unspecified atom stereocenters. The molecule has 2 N–H and O–H groups in total. The molecule has 1 aromatic carbocycles. The van der Waals surface area contributed by atoms with Gasteiger partial charge in [0.2, 0.25) is 5.91 Å². The monoisotopic (exact) mass is 282 g/mol. The predicted octanol–water partition coefficient (Wildman–Crippen LogP) is 1.14. The third-order valence-electron chi connectivity index (χ3n) is 3.66. The highest BCUT2D eigenvalue weighted by Crippen LogP contribution is 2.26. The minimum Gasteiger partial charge on any atom is -0.492 e.